The van der Waals surface area contributed by atoms with Gasteiger partial charge >= 0.3 is 0 Å². The molecule has 0 unspecified atom stereocenters. The van der Waals surface area contributed by atoms with E-state index in [0.29, 0.717) is 17.5 Å². The Kier molecular flexibility index (Phi) is 5.20. The zero-order chi connectivity index (χ0) is 19.2. The number of ether oxygens (including phenoxy) is 1. The van der Waals surface area contributed by atoms with E-state index < -0.39 is 0 Å². The third-order valence-corrected chi connectivity index (χ3v) is 7.53. The Labute approximate surface area is 167 Å². The van der Waals surface area contributed by atoms with Gasteiger partial charge in [-0.15, -0.1) is 11.3 Å². The summed E-state index contributed by atoms with van der Waals surface area (Å²) in [6.45, 7) is 7.06. The van der Waals surface area contributed by atoms with Gasteiger partial charge in [0.05, 0.1) is 23.8 Å². The molecule has 2 aromatic rings. The van der Waals surface area contributed by atoms with Crippen molar-refractivity contribution in [3.63, 3.8) is 0 Å². The zero-order valence-corrected chi connectivity index (χ0v) is 17.8. The first kappa shape index (κ1) is 19.2. The van der Waals surface area contributed by atoms with Crippen molar-refractivity contribution in [3.05, 3.63) is 20.8 Å². The predicted octanol–water partition coefficient (Wildman–Crippen LogP) is 3.83. The van der Waals surface area contributed by atoms with Crippen LogP contribution in [0, 0.1) is 5.41 Å². The highest BCUT2D eigenvalue weighted by molar-refractivity contribution is 7.99. The van der Waals surface area contributed by atoms with Gasteiger partial charge in [0.1, 0.15) is 10.6 Å². The summed E-state index contributed by atoms with van der Waals surface area (Å²) in [6.07, 6.45) is 5.21. The molecule has 0 amide bonds. The fourth-order valence-corrected chi connectivity index (χ4v) is 6.14. The van der Waals surface area contributed by atoms with Crippen molar-refractivity contribution in [3.8, 4) is 0 Å². The lowest BCUT2D eigenvalue weighted by atomic mass is 9.92. The van der Waals surface area contributed by atoms with Crippen LogP contribution in [0.15, 0.2) is 9.95 Å². The van der Waals surface area contributed by atoms with Crippen LogP contribution in [0.5, 0.6) is 0 Å². The molecule has 1 atom stereocenters. The van der Waals surface area contributed by atoms with Gasteiger partial charge < -0.3 is 4.74 Å². The highest BCUT2D eigenvalue weighted by atomic mass is 32.2. The number of aromatic nitrogens is 2. The average molecular weight is 407 g/mol. The molecule has 0 aromatic carbocycles. The van der Waals surface area contributed by atoms with E-state index in [1.807, 2.05) is 20.8 Å². The molecule has 0 spiro atoms. The van der Waals surface area contributed by atoms with E-state index in [0.717, 1.165) is 48.9 Å². The number of aryl methyl sites for hydroxylation is 2. The fourth-order valence-electron chi connectivity index (χ4n) is 3.67. The van der Waals surface area contributed by atoms with Crippen molar-refractivity contribution >= 4 is 39.1 Å². The minimum Gasteiger partial charge on any atom is -0.376 e. The minimum absolute atomic E-state index is 0.0422. The number of carbonyl (C=O) groups is 1. The van der Waals surface area contributed by atoms with Gasteiger partial charge in [0.2, 0.25) is 0 Å². The largest absolute Gasteiger partial charge is 0.376 e. The van der Waals surface area contributed by atoms with E-state index in [4.69, 9.17) is 9.72 Å². The van der Waals surface area contributed by atoms with Crippen LogP contribution in [0.25, 0.3) is 10.2 Å². The van der Waals surface area contributed by atoms with Crippen molar-refractivity contribution in [1.82, 2.24) is 9.55 Å². The van der Waals surface area contributed by atoms with Gasteiger partial charge in [0.25, 0.3) is 5.56 Å². The summed E-state index contributed by atoms with van der Waals surface area (Å²) < 4.78 is 7.54. The summed E-state index contributed by atoms with van der Waals surface area (Å²) in [5, 5.41) is 1.46. The van der Waals surface area contributed by atoms with Crippen LogP contribution in [0.2, 0.25) is 0 Å². The molecule has 2 aliphatic rings. The first-order valence-electron chi connectivity index (χ1n) is 9.67. The molecular formula is C20H26N2O3S2. The van der Waals surface area contributed by atoms with Crippen molar-refractivity contribution in [1.29, 1.82) is 0 Å². The molecule has 4 rings (SSSR count). The summed E-state index contributed by atoms with van der Waals surface area (Å²) in [5.74, 6) is 0.497. The Morgan fingerprint density at radius 3 is 2.85 bits per heavy atom. The van der Waals surface area contributed by atoms with Gasteiger partial charge in [0.15, 0.2) is 5.16 Å². The maximum absolute atomic E-state index is 13.4. The number of thioether (sulfide) groups is 1. The van der Waals surface area contributed by atoms with E-state index in [2.05, 4.69) is 0 Å². The molecule has 3 heterocycles. The summed E-state index contributed by atoms with van der Waals surface area (Å²) >= 11 is 3.04. The molecule has 0 N–H and O–H groups in total. The lowest BCUT2D eigenvalue weighted by molar-refractivity contribution is -0.123. The molecule has 7 heteroatoms. The van der Waals surface area contributed by atoms with Gasteiger partial charge in [0, 0.05) is 16.9 Å². The quantitative estimate of drug-likeness (QED) is 0.558. The van der Waals surface area contributed by atoms with E-state index >= 15 is 0 Å². The van der Waals surface area contributed by atoms with Crippen LogP contribution in [0.4, 0.5) is 0 Å². The first-order valence-corrected chi connectivity index (χ1v) is 11.5. The number of thiophene rings is 1. The number of Topliss-reactive ketones (excluding diaryl/α,β-unsaturated/α-hetero) is 1. The Morgan fingerprint density at radius 2 is 2.15 bits per heavy atom. The van der Waals surface area contributed by atoms with Gasteiger partial charge in [-0.05, 0) is 37.7 Å². The Morgan fingerprint density at radius 1 is 1.33 bits per heavy atom. The zero-order valence-electron chi connectivity index (χ0n) is 16.2. The highest BCUT2D eigenvalue weighted by Gasteiger charge is 2.27. The number of ketones is 1. The molecule has 1 aliphatic heterocycles. The average Bonchev–Trinajstić information content (AvgIpc) is 3.31. The van der Waals surface area contributed by atoms with Gasteiger partial charge in [-0.1, -0.05) is 32.5 Å². The normalized spacial score (nSPS) is 19.7. The topological polar surface area (TPSA) is 61.2 Å². The molecule has 5 nitrogen and oxygen atoms in total. The fraction of sp³-hybridized carbons (Fsp3) is 0.650. The van der Waals surface area contributed by atoms with E-state index in [-0.39, 0.29) is 22.9 Å². The second-order valence-corrected chi connectivity index (χ2v) is 10.5. The second kappa shape index (κ2) is 7.33. The summed E-state index contributed by atoms with van der Waals surface area (Å²) in [6, 6.07) is 0. The Bertz CT molecular complexity index is 933. The van der Waals surface area contributed by atoms with Crippen LogP contribution < -0.4 is 5.56 Å². The van der Waals surface area contributed by atoms with E-state index in [9.17, 15) is 9.59 Å². The third kappa shape index (κ3) is 3.74. The van der Waals surface area contributed by atoms with Crippen LogP contribution >= 0.6 is 23.1 Å². The molecule has 0 saturated carbocycles. The number of rotatable bonds is 5. The first-order chi connectivity index (χ1) is 12.8. The van der Waals surface area contributed by atoms with Crippen molar-refractivity contribution in [2.75, 3.05) is 12.4 Å². The minimum atomic E-state index is -0.388. The lowest BCUT2D eigenvalue weighted by Gasteiger charge is -2.18. The number of hydrogen-bond acceptors (Lipinski definition) is 6. The number of nitrogens with zero attached hydrogens (tertiary/aromatic N) is 2. The number of carbonyl (C=O) groups excluding carboxylic acids is 1. The number of fused-ring (bicyclic) bond motifs is 3. The van der Waals surface area contributed by atoms with Crippen LogP contribution in [0.1, 0.15) is 50.5 Å². The summed E-state index contributed by atoms with van der Waals surface area (Å²) in [5.41, 5.74) is 0.859. The molecule has 2 aromatic heterocycles. The van der Waals surface area contributed by atoms with Gasteiger partial charge in [-0.2, -0.15) is 0 Å². The molecule has 0 bridgehead atoms. The Hall–Kier alpha value is -1.18. The molecule has 1 saturated heterocycles. The summed E-state index contributed by atoms with van der Waals surface area (Å²) in [7, 11) is 0. The number of hydrogen-bond donors (Lipinski definition) is 0. The molecule has 146 valence electrons. The maximum Gasteiger partial charge on any atom is 0.263 e. The van der Waals surface area contributed by atoms with Crippen LogP contribution in [-0.2, 0) is 28.9 Å². The highest BCUT2D eigenvalue weighted by Crippen LogP contribution is 2.36. The standard InChI is InChI=1S/C20H26N2O3S2/c1-20(2,3)15(23)11-26-19-21-17-16(13-7-4-8-14(13)27-17)18(24)22(19)10-12-6-5-9-25-12/h12H,4-11H2,1-3H3/t12-/m0/s1. The Balaban J connectivity index is 1.73. The van der Waals surface area contributed by atoms with E-state index in [1.165, 1.54) is 22.2 Å². The summed E-state index contributed by atoms with van der Waals surface area (Å²) in [4.78, 5) is 32.7. The lowest BCUT2D eigenvalue weighted by Crippen LogP contribution is -2.29. The van der Waals surface area contributed by atoms with Crippen molar-refractivity contribution in [2.45, 2.75) is 70.7 Å². The van der Waals surface area contributed by atoms with Gasteiger partial charge in [-0.3, -0.25) is 14.2 Å². The van der Waals surface area contributed by atoms with Crippen LogP contribution in [-0.4, -0.2) is 33.8 Å². The van der Waals surface area contributed by atoms with Crippen LogP contribution in [0.3, 0.4) is 0 Å². The smallest absolute Gasteiger partial charge is 0.263 e. The molecule has 1 fully saturated rings. The van der Waals surface area contributed by atoms with E-state index in [1.54, 1.807) is 15.9 Å². The maximum atomic E-state index is 13.4. The van der Waals surface area contributed by atoms with Crippen molar-refractivity contribution in [2.24, 2.45) is 5.41 Å². The molecule has 27 heavy (non-hydrogen) atoms. The van der Waals surface area contributed by atoms with Crippen molar-refractivity contribution < 1.29 is 9.53 Å². The molecule has 0 radical (unpaired) electrons. The predicted molar refractivity (Wildman–Crippen MR) is 110 cm³/mol. The SMILES string of the molecule is CC(C)(C)C(=O)CSc1nc2sc3c(c2c(=O)n1C[C@@H]1CCCO1)CCC3. The van der Waals surface area contributed by atoms with Gasteiger partial charge in [-0.25, -0.2) is 4.98 Å². The second-order valence-electron chi connectivity index (χ2n) is 8.44. The molecule has 1 aliphatic carbocycles. The monoisotopic (exact) mass is 406 g/mol. The third-order valence-electron chi connectivity index (χ3n) is 5.37. The molecular weight excluding hydrogens is 380 g/mol.